The van der Waals surface area contributed by atoms with Crippen LogP contribution in [-0.4, -0.2) is 33.7 Å². The third-order valence-corrected chi connectivity index (χ3v) is 4.06. The van der Waals surface area contributed by atoms with Gasteiger partial charge in [-0.05, 0) is 0 Å². The van der Waals surface area contributed by atoms with Crippen molar-refractivity contribution in [1.29, 1.82) is 0 Å². The molecule has 0 saturated heterocycles. The molecule has 1 unspecified atom stereocenters. The highest BCUT2D eigenvalue weighted by molar-refractivity contribution is 5.76. The molecule has 0 spiro atoms. The van der Waals surface area contributed by atoms with Crippen molar-refractivity contribution >= 4 is 5.91 Å². The standard InChI is InChI=1S/C15H20N6O/c1-2-3-5-15(19-20-15)6-4-14(22)18-12-9-16-10-13-17-7-8-21(13)11-12/h1,7-8,12,16H,3-6,9-11H2,(H,18,22). The highest BCUT2D eigenvalue weighted by Crippen LogP contribution is 2.37. The van der Waals surface area contributed by atoms with E-state index in [1.165, 1.54) is 0 Å². The monoisotopic (exact) mass is 300 g/mol. The van der Waals surface area contributed by atoms with Crippen LogP contribution in [0.25, 0.3) is 0 Å². The predicted octanol–water partition coefficient (Wildman–Crippen LogP) is 0.827. The Hall–Kier alpha value is -2.20. The van der Waals surface area contributed by atoms with E-state index in [0.29, 0.717) is 19.3 Å². The van der Waals surface area contributed by atoms with Gasteiger partial charge in [0.1, 0.15) is 5.82 Å². The second-order valence-electron chi connectivity index (χ2n) is 5.78. The zero-order valence-corrected chi connectivity index (χ0v) is 12.5. The number of hydrogen-bond acceptors (Lipinski definition) is 5. The fourth-order valence-corrected chi connectivity index (χ4v) is 2.71. The van der Waals surface area contributed by atoms with Crippen molar-refractivity contribution in [3.8, 4) is 12.3 Å². The summed E-state index contributed by atoms with van der Waals surface area (Å²) in [6.07, 6.45) is 11.4. The lowest BCUT2D eigenvalue weighted by Gasteiger charge is -2.18. The van der Waals surface area contributed by atoms with E-state index < -0.39 is 0 Å². The van der Waals surface area contributed by atoms with Crippen molar-refractivity contribution in [2.24, 2.45) is 10.2 Å². The van der Waals surface area contributed by atoms with Crippen LogP contribution in [-0.2, 0) is 17.9 Å². The maximum Gasteiger partial charge on any atom is 0.220 e. The highest BCUT2D eigenvalue weighted by Gasteiger charge is 2.39. The maximum absolute atomic E-state index is 12.1. The first-order valence-corrected chi connectivity index (χ1v) is 7.58. The molecule has 0 aliphatic carbocycles. The Balaban J connectivity index is 1.45. The number of nitrogens with one attached hydrogen (secondary N) is 2. The molecule has 3 rings (SSSR count). The van der Waals surface area contributed by atoms with Gasteiger partial charge in [0.25, 0.3) is 0 Å². The summed E-state index contributed by atoms with van der Waals surface area (Å²) >= 11 is 0. The summed E-state index contributed by atoms with van der Waals surface area (Å²) < 4.78 is 2.07. The van der Waals surface area contributed by atoms with Crippen molar-refractivity contribution < 1.29 is 4.79 Å². The quantitative estimate of drug-likeness (QED) is 0.763. The molecule has 0 fully saturated rings. The molecule has 7 nitrogen and oxygen atoms in total. The van der Waals surface area contributed by atoms with Crippen LogP contribution >= 0.6 is 0 Å². The molecule has 1 aromatic heterocycles. The van der Waals surface area contributed by atoms with Crippen LogP contribution in [0.4, 0.5) is 0 Å². The summed E-state index contributed by atoms with van der Waals surface area (Å²) in [6.45, 7) is 2.21. The Morgan fingerprint density at radius 2 is 2.41 bits per heavy atom. The lowest BCUT2D eigenvalue weighted by Crippen LogP contribution is -2.43. The molecule has 0 saturated carbocycles. The topological polar surface area (TPSA) is 83.7 Å². The lowest BCUT2D eigenvalue weighted by atomic mass is 10.0. The smallest absolute Gasteiger partial charge is 0.220 e. The second-order valence-corrected chi connectivity index (χ2v) is 5.78. The summed E-state index contributed by atoms with van der Waals surface area (Å²) in [4.78, 5) is 16.4. The average molecular weight is 300 g/mol. The lowest BCUT2D eigenvalue weighted by molar-refractivity contribution is -0.122. The van der Waals surface area contributed by atoms with Crippen LogP contribution in [0.2, 0.25) is 0 Å². The van der Waals surface area contributed by atoms with E-state index in [9.17, 15) is 4.79 Å². The van der Waals surface area contributed by atoms with Crippen LogP contribution < -0.4 is 10.6 Å². The SMILES string of the molecule is C#CCCC1(CCC(=O)NC2CNCc3nccn3C2)N=N1. The zero-order valence-electron chi connectivity index (χ0n) is 12.5. The number of amides is 1. The number of aromatic nitrogens is 2. The second kappa shape index (κ2) is 6.28. The molecule has 7 heteroatoms. The van der Waals surface area contributed by atoms with Gasteiger partial charge in [0.15, 0.2) is 5.66 Å². The molecule has 2 N–H and O–H groups in total. The Labute approximate surface area is 129 Å². The molecule has 0 radical (unpaired) electrons. The van der Waals surface area contributed by atoms with Gasteiger partial charge in [0, 0.05) is 51.2 Å². The third kappa shape index (κ3) is 3.52. The molecule has 22 heavy (non-hydrogen) atoms. The molecule has 1 amide bonds. The van der Waals surface area contributed by atoms with Crippen molar-refractivity contribution in [2.45, 2.75) is 50.5 Å². The summed E-state index contributed by atoms with van der Waals surface area (Å²) in [6, 6.07) is 0.0673. The summed E-state index contributed by atoms with van der Waals surface area (Å²) in [5.74, 6) is 3.63. The van der Waals surface area contributed by atoms with E-state index in [2.05, 4.69) is 36.3 Å². The van der Waals surface area contributed by atoms with Gasteiger partial charge < -0.3 is 15.2 Å². The van der Waals surface area contributed by atoms with E-state index in [-0.39, 0.29) is 17.6 Å². The van der Waals surface area contributed by atoms with Crippen molar-refractivity contribution in [3.05, 3.63) is 18.2 Å². The highest BCUT2D eigenvalue weighted by atomic mass is 16.1. The number of hydrogen-bond donors (Lipinski definition) is 2. The molecule has 1 atom stereocenters. The zero-order chi connectivity index (χ0) is 15.4. The fraction of sp³-hybridized carbons (Fsp3) is 0.600. The number of imidazole rings is 1. The summed E-state index contributed by atoms with van der Waals surface area (Å²) in [5.41, 5.74) is -0.386. The maximum atomic E-state index is 12.1. The molecule has 0 aromatic carbocycles. The average Bonchev–Trinajstić information content (AvgIpc) is 3.21. The van der Waals surface area contributed by atoms with Crippen molar-refractivity contribution in [1.82, 2.24) is 20.2 Å². The largest absolute Gasteiger partial charge is 0.350 e. The molecule has 116 valence electrons. The Bertz CT molecular complexity index is 608. The van der Waals surface area contributed by atoms with Crippen LogP contribution in [0.5, 0.6) is 0 Å². The van der Waals surface area contributed by atoms with Gasteiger partial charge in [-0.3, -0.25) is 4.79 Å². The van der Waals surface area contributed by atoms with Crippen LogP contribution in [0.1, 0.15) is 31.5 Å². The number of nitrogens with zero attached hydrogens (tertiary/aromatic N) is 4. The molecule has 2 aliphatic heterocycles. The van der Waals surface area contributed by atoms with E-state index in [1.54, 1.807) is 6.20 Å². The fourth-order valence-electron chi connectivity index (χ4n) is 2.71. The van der Waals surface area contributed by atoms with Gasteiger partial charge in [0.2, 0.25) is 5.91 Å². The minimum absolute atomic E-state index is 0.0350. The van der Waals surface area contributed by atoms with Gasteiger partial charge in [-0.1, -0.05) is 0 Å². The Kier molecular flexibility index (Phi) is 4.20. The molecule has 3 heterocycles. The predicted molar refractivity (Wildman–Crippen MR) is 80.8 cm³/mol. The van der Waals surface area contributed by atoms with Crippen molar-refractivity contribution in [2.75, 3.05) is 6.54 Å². The number of terminal acetylenes is 1. The Morgan fingerprint density at radius 1 is 1.55 bits per heavy atom. The first-order chi connectivity index (χ1) is 10.7. The number of carbonyl (C=O) groups is 1. The van der Waals surface area contributed by atoms with Crippen LogP contribution in [0.15, 0.2) is 22.6 Å². The van der Waals surface area contributed by atoms with Crippen LogP contribution in [0, 0.1) is 12.3 Å². The van der Waals surface area contributed by atoms with Gasteiger partial charge in [0.05, 0.1) is 12.6 Å². The van der Waals surface area contributed by atoms with Gasteiger partial charge >= 0.3 is 0 Å². The van der Waals surface area contributed by atoms with Gasteiger partial charge in [-0.15, -0.1) is 12.3 Å². The first kappa shape index (κ1) is 14.7. The third-order valence-electron chi connectivity index (χ3n) is 4.06. The van der Waals surface area contributed by atoms with E-state index in [0.717, 1.165) is 31.9 Å². The van der Waals surface area contributed by atoms with Crippen molar-refractivity contribution in [3.63, 3.8) is 0 Å². The first-order valence-electron chi connectivity index (χ1n) is 7.58. The van der Waals surface area contributed by atoms with E-state index in [1.807, 2.05) is 6.20 Å². The summed E-state index contributed by atoms with van der Waals surface area (Å²) in [7, 11) is 0. The van der Waals surface area contributed by atoms with Crippen LogP contribution in [0.3, 0.4) is 0 Å². The minimum Gasteiger partial charge on any atom is -0.350 e. The summed E-state index contributed by atoms with van der Waals surface area (Å²) in [5, 5.41) is 14.5. The van der Waals surface area contributed by atoms with E-state index >= 15 is 0 Å². The number of fused-ring (bicyclic) bond motifs is 1. The number of rotatable bonds is 6. The number of carbonyl (C=O) groups excluding carboxylic acids is 1. The van der Waals surface area contributed by atoms with E-state index in [4.69, 9.17) is 6.42 Å². The molecule has 1 aromatic rings. The molecule has 2 aliphatic rings. The minimum atomic E-state index is -0.386. The molecular formula is C15H20N6O. The Morgan fingerprint density at radius 3 is 3.18 bits per heavy atom. The molecular weight excluding hydrogens is 280 g/mol. The normalized spacial score (nSPS) is 21.5. The van der Waals surface area contributed by atoms with Gasteiger partial charge in [-0.2, -0.15) is 10.2 Å². The molecule has 0 bridgehead atoms. The van der Waals surface area contributed by atoms with Gasteiger partial charge in [-0.25, -0.2) is 4.98 Å².